The fourth-order valence-corrected chi connectivity index (χ4v) is 2.90. The molecule has 0 radical (unpaired) electrons. The quantitative estimate of drug-likeness (QED) is 0.738. The monoisotopic (exact) mass is 328 g/mol. The van der Waals surface area contributed by atoms with E-state index in [4.69, 9.17) is 0 Å². The molecule has 1 heterocycles. The molecule has 0 aliphatic rings. The molecule has 0 fully saturated rings. The molecule has 2 N–H and O–H groups in total. The lowest BCUT2D eigenvalue weighted by molar-refractivity contribution is -0.120. The Labute approximate surface area is 138 Å². The van der Waals surface area contributed by atoms with Crippen LogP contribution in [0.15, 0.2) is 42.5 Å². The van der Waals surface area contributed by atoms with Gasteiger partial charge in [0.25, 0.3) is 0 Å². The molecule has 0 unspecified atom stereocenters. The van der Waals surface area contributed by atoms with Crippen LogP contribution in [-0.4, -0.2) is 17.4 Å². The van der Waals surface area contributed by atoms with E-state index in [2.05, 4.69) is 10.3 Å². The van der Waals surface area contributed by atoms with E-state index in [0.717, 1.165) is 22.2 Å². The third-order valence-electron chi connectivity index (χ3n) is 4.03. The van der Waals surface area contributed by atoms with Gasteiger partial charge in [-0.1, -0.05) is 12.1 Å². The fraction of sp³-hybridized carbons (Fsp3) is 0.211. The number of fused-ring (bicyclic) bond motifs is 1. The third kappa shape index (κ3) is 3.62. The number of halogens is 2. The van der Waals surface area contributed by atoms with E-state index in [1.54, 1.807) is 18.2 Å². The summed E-state index contributed by atoms with van der Waals surface area (Å²) in [7, 11) is 0. The Balaban J connectivity index is 1.61. The third-order valence-corrected chi connectivity index (χ3v) is 4.03. The highest BCUT2D eigenvalue weighted by Gasteiger charge is 2.10. The Morgan fingerprint density at radius 1 is 1.12 bits per heavy atom. The topological polar surface area (TPSA) is 44.9 Å². The first-order valence-corrected chi connectivity index (χ1v) is 7.81. The Morgan fingerprint density at radius 2 is 1.92 bits per heavy atom. The summed E-state index contributed by atoms with van der Waals surface area (Å²) in [6, 6.07) is 10.6. The van der Waals surface area contributed by atoms with Gasteiger partial charge in [-0.15, -0.1) is 0 Å². The van der Waals surface area contributed by atoms with Crippen LogP contribution in [0.4, 0.5) is 8.78 Å². The van der Waals surface area contributed by atoms with Crippen molar-refractivity contribution < 1.29 is 13.6 Å². The smallest absolute Gasteiger partial charge is 0.224 e. The maximum absolute atomic E-state index is 13.4. The number of aromatic nitrogens is 1. The van der Waals surface area contributed by atoms with Crippen molar-refractivity contribution in [3.63, 3.8) is 0 Å². The molecule has 2 aromatic carbocycles. The van der Waals surface area contributed by atoms with Gasteiger partial charge in [-0.3, -0.25) is 4.79 Å². The Morgan fingerprint density at radius 3 is 2.71 bits per heavy atom. The van der Waals surface area contributed by atoms with Crippen LogP contribution in [0.1, 0.15) is 16.8 Å². The van der Waals surface area contributed by atoms with Crippen LogP contribution in [0.25, 0.3) is 10.9 Å². The predicted molar refractivity (Wildman–Crippen MR) is 89.8 cm³/mol. The minimum Gasteiger partial charge on any atom is -0.358 e. The number of aryl methyl sites for hydroxylation is 1. The number of amides is 1. The minimum atomic E-state index is -0.350. The van der Waals surface area contributed by atoms with Crippen LogP contribution < -0.4 is 5.32 Å². The van der Waals surface area contributed by atoms with Gasteiger partial charge in [0.1, 0.15) is 11.6 Å². The number of carbonyl (C=O) groups is 1. The van der Waals surface area contributed by atoms with E-state index >= 15 is 0 Å². The zero-order valence-corrected chi connectivity index (χ0v) is 13.3. The molecule has 0 spiro atoms. The molecule has 5 heteroatoms. The molecule has 0 saturated heterocycles. The average molecular weight is 328 g/mol. The molecular weight excluding hydrogens is 310 g/mol. The summed E-state index contributed by atoms with van der Waals surface area (Å²) in [5, 5.41) is 3.67. The van der Waals surface area contributed by atoms with Gasteiger partial charge in [-0.05, 0) is 54.8 Å². The molecule has 1 amide bonds. The van der Waals surface area contributed by atoms with Crippen molar-refractivity contribution in [3.05, 3.63) is 70.9 Å². The summed E-state index contributed by atoms with van der Waals surface area (Å²) < 4.78 is 26.6. The van der Waals surface area contributed by atoms with Crippen LogP contribution in [0, 0.1) is 18.6 Å². The molecule has 3 rings (SSSR count). The zero-order chi connectivity index (χ0) is 17.1. The summed E-state index contributed by atoms with van der Waals surface area (Å²) in [6.45, 7) is 2.38. The molecule has 0 saturated carbocycles. The molecule has 3 aromatic rings. The van der Waals surface area contributed by atoms with Crippen LogP contribution in [-0.2, 0) is 17.6 Å². The van der Waals surface area contributed by atoms with E-state index in [9.17, 15) is 13.6 Å². The van der Waals surface area contributed by atoms with Crippen molar-refractivity contribution in [2.24, 2.45) is 0 Å². The Hall–Kier alpha value is -2.69. The molecule has 3 nitrogen and oxygen atoms in total. The van der Waals surface area contributed by atoms with Gasteiger partial charge in [0, 0.05) is 23.1 Å². The molecule has 1 aromatic heterocycles. The highest BCUT2D eigenvalue weighted by atomic mass is 19.1. The largest absolute Gasteiger partial charge is 0.358 e. The van der Waals surface area contributed by atoms with Crippen molar-refractivity contribution in [3.8, 4) is 0 Å². The first kappa shape index (κ1) is 16.2. The van der Waals surface area contributed by atoms with E-state index in [1.807, 2.05) is 6.92 Å². The Bertz CT molecular complexity index is 886. The summed E-state index contributed by atoms with van der Waals surface area (Å²) in [6.07, 6.45) is 0.740. The molecule has 0 bridgehead atoms. The lowest BCUT2D eigenvalue weighted by atomic mass is 10.1. The fourth-order valence-electron chi connectivity index (χ4n) is 2.90. The summed E-state index contributed by atoms with van der Waals surface area (Å²) in [5.41, 5.74) is 3.48. The van der Waals surface area contributed by atoms with Crippen LogP contribution in [0.2, 0.25) is 0 Å². The van der Waals surface area contributed by atoms with E-state index in [1.165, 1.54) is 24.3 Å². The molecule has 0 aliphatic heterocycles. The second kappa shape index (κ2) is 6.83. The number of H-pyrrole nitrogens is 1. The van der Waals surface area contributed by atoms with Crippen LogP contribution in [0.3, 0.4) is 0 Å². The van der Waals surface area contributed by atoms with Gasteiger partial charge >= 0.3 is 0 Å². The SMILES string of the molecule is Cc1[nH]c2ccc(F)cc2c1CCNC(=O)Cc1cccc(F)c1. The predicted octanol–water partition coefficient (Wildman–Crippen LogP) is 3.66. The standard InChI is InChI=1S/C19H18F2N2O/c1-12-16(17-11-15(21)5-6-18(17)23-12)7-8-22-19(24)10-13-3-2-4-14(20)9-13/h2-6,9,11,23H,7-8,10H2,1H3,(H,22,24). The second-order valence-corrected chi connectivity index (χ2v) is 5.83. The number of hydrogen-bond donors (Lipinski definition) is 2. The number of nitrogens with one attached hydrogen (secondary N) is 2. The number of benzene rings is 2. The van der Waals surface area contributed by atoms with Crippen molar-refractivity contribution in [1.82, 2.24) is 10.3 Å². The lowest BCUT2D eigenvalue weighted by Gasteiger charge is -2.06. The highest BCUT2D eigenvalue weighted by Crippen LogP contribution is 2.23. The van der Waals surface area contributed by atoms with Crippen molar-refractivity contribution in [2.45, 2.75) is 19.8 Å². The zero-order valence-electron chi connectivity index (χ0n) is 13.3. The molecule has 0 atom stereocenters. The number of carbonyl (C=O) groups excluding carboxylic acids is 1. The summed E-state index contributed by atoms with van der Waals surface area (Å²) in [4.78, 5) is 15.2. The van der Waals surface area contributed by atoms with Gasteiger partial charge in [0.2, 0.25) is 5.91 Å². The summed E-state index contributed by atoms with van der Waals surface area (Å²) >= 11 is 0. The van der Waals surface area contributed by atoms with Gasteiger partial charge < -0.3 is 10.3 Å². The summed E-state index contributed by atoms with van der Waals surface area (Å²) in [5.74, 6) is -0.793. The number of hydrogen-bond acceptors (Lipinski definition) is 1. The molecule has 124 valence electrons. The maximum Gasteiger partial charge on any atom is 0.224 e. The van der Waals surface area contributed by atoms with Crippen molar-refractivity contribution >= 4 is 16.8 Å². The molecule has 24 heavy (non-hydrogen) atoms. The first-order valence-electron chi connectivity index (χ1n) is 7.81. The number of aromatic amines is 1. The second-order valence-electron chi connectivity index (χ2n) is 5.83. The van der Waals surface area contributed by atoms with Gasteiger partial charge in [-0.2, -0.15) is 0 Å². The highest BCUT2D eigenvalue weighted by molar-refractivity contribution is 5.85. The normalized spacial score (nSPS) is 11.0. The Kier molecular flexibility index (Phi) is 4.60. The minimum absolute atomic E-state index is 0.138. The molecular formula is C19H18F2N2O. The van der Waals surface area contributed by atoms with Crippen LogP contribution >= 0.6 is 0 Å². The van der Waals surface area contributed by atoms with Crippen molar-refractivity contribution in [2.75, 3.05) is 6.54 Å². The van der Waals surface area contributed by atoms with E-state index in [-0.39, 0.29) is 24.0 Å². The van der Waals surface area contributed by atoms with Crippen LogP contribution in [0.5, 0.6) is 0 Å². The van der Waals surface area contributed by atoms with Gasteiger partial charge in [-0.25, -0.2) is 8.78 Å². The first-order chi connectivity index (χ1) is 11.5. The van der Waals surface area contributed by atoms with Crippen molar-refractivity contribution in [1.29, 1.82) is 0 Å². The number of rotatable bonds is 5. The van der Waals surface area contributed by atoms with Gasteiger partial charge in [0.15, 0.2) is 0 Å². The lowest BCUT2D eigenvalue weighted by Crippen LogP contribution is -2.27. The van der Waals surface area contributed by atoms with E-state index in [0.29, 0.717) is 18.5 Å². The average Bonchev–Trinajstić information content (AvgIpc) is 2.83. The van der Waals surface area contributed by atoms with Gasteiger partial charge in [0.05, 0.1) is 6.42 Å². The molecule has 0 aliphatic carbocycles. The maximum atomic E-state index is 13.4. The van der Waals surface area contributed by atoms with E-state index < -0.39 is 0 Å².